The number of hydrogen-bond donors (Lipinski definition) is 4. The van der Waals surface area contributed by atoms with Crippen LogP contribution in [0.1, 0.15) is 86.6 Å². The number of aromatic hydroxyl groups is 2. The molecule has 244 valence electrons. The molecule has 7 heteroatoms. The van der Waals surface area contributed by atoms with E-state index in [4.69, 9.17) is 0 Å². The molecule has 0 aromatic heterocycles. The second-order valence-corrected chi connectivity index (χ2v) is 15.3. The molecule has 1 aromatic carbocycles. The van der Waals surface area contributed by atoms with E-state index in [0.717, 1.165) is 18.1 Å². The van der Waals surface area contributed by atoms with Gasteiger partial charge < -0.3 is 20.4 Å². The van der Waals surface area contributed by atoms with Crippen LogP contribution >= 0.6 is 0 Å². The van der Waals surface area contributed by atoms with E-state index >= 15 is 4.79 Å². The molecule has 3 aliphatic carbocycles. The average molecular weight is 619 g/mol. The van der Waals surface area contributed by atoms with Gasteiger partial charge in [-0.3, -0.25) is 14.4 Å². The monoisotopic (exact) mass is 618 g/mol. The third-order valence-electron chi connectivity index (χ3n) is 11.6. The Balaban J connectivity index is 2.05. The number of benzene rings is 1. The Hall–Kier alpha value is -3.45. The zero-order chi connectivity index (χ0) is 33.9. The summed E-state index contributed by atoms with van der Waals surface area (Å²) in [7, 11) is 0. The summed E-state index contributed by atoms with van der Waals surface area (Å²) in [6.07, 6.45) is 6.98. The molecule has 5 atom stereocenters. The molecule has 3 saturated carbocycles. The van der Waals surface area contributed by atoms with Gasteiger partial charge in [-0.05, 0) is 92.2 Å². The third-order valence-corrected chi connectivity index (χ3v) is 11.6. The van der Waals surface area contributed by atoms with Gasteiger partial charge in [0.15, 0.2) is 28.8 Å². The number of ketones is 3. The van der Waals surface area contributed by atoms with E-state index in [1.54, 1.807) is 13.0 Å². The highest BCUT2D eigenvalue weighted by molar-refractivity contribution is 6.41. The van der Waals surface area contributed by atoms with Gasteiger partial charge in [-0.2, -0.15) is 0 Å². The molecule has 3 fully saturated rings. The fraction of sp³-hybridized carbons (Fsp3) is 0.553. The Morgan fingerprint density at radius 2 is 1.69 bits per heavy atom. The lowest BCUT2D eigenvalue weighted by molar-refractivity contribution is -0.178. The third kappa shape index (κ3) is 5.21. The number of phenolic OH excluding ortho intramolecular Hbond substituents is 2. The number of aliphatic hydroxyl groups excluding tert-OH is 2. The summed E-state index contributed by atoms with van der Waals surface area (Å²) in [5, 5.41) is 41.6. The summed E-state index contributed by atoms with van der Waals surface area (Å²) in [5.74, 6) is -3.28. The molecule has 0 amide bonds. The lowest BCUT2D eigenvalue weighted by atomic mass is 9.37. The van der Waals surface area contributed by atoms with E-state index in [0.29, 0.717) is 5.57 Å². The SMILES string of the molecule is C=C(C)[C@H]1C[C@@H](C[C@]23C[C@@H](/C=C/C(C)C)C(C)(C)[C@](C/C=C(\C)CO)(C(=O)C(=C(O)c4ccc(O)c(O)c4)C2=O)C3=O)C1(C)C. The molecular weight excluding hydrogens is 568 g/mol. The van der Waals surface area contributed by atoms with Crippen molar-refractivity contribution in [2.75, 3.05) is 6.61 Å². The maximum Gasteiger partial charge on any atom is 0.184 e. The smallest absolute Gasteiger partial charge is 0.184 e. The standard InChI is InChI=1S/C38H50O7/c1-21(2)10-12-25-18-37(19-26-17-27(22(3)4)35(26,6)7)32(43)30(31(42)24-11-13-28(40)29(41)16-24)33(44)38(34(37)45,36(25,8)9)15-14-23(5)20-39/h10-14,16,21,25-27,39-42H,3,15,17-20H2,1-2,4-9H3/b12-10+,23-14+,31-30?/t25-,26+,27-,37-,38-/m1/s1. The van der Waals surface area contributed by atoms with Crippen molar-refractivity contribution in [3.63, 3.8) is 0 Å². The summed E-state index contributed by atoms with van der Waals surface area (Å²) in [5.41, 5.74) is -3.32. The van der Waals surface area contributed by atoms with Crippen molar-refractivity contribution in [2.45, 2.75) is 81.1 Å². The lowest BCUT2D eigenvalue weighted by Gasteiger charge is -2.62. The molecule has 0 heterocycles. The Morgan fingerprint density at radius 3 is 2.22 bits per heavy atom. The molecule has 1 aromatic rings. The van der Waals surface area contributed by atoms with Gasteiger partial charge in [0.25, 0.3) is 0 Å². The second-order valence-electron chi connectivity index (χ2n) is 15.3. The Labute approximate surface area is 267 Å². The first kappa shape index (κ1) is 34.4. The van der Waals surface area contributed by atoms with Gasteiger partial charge in [0, 0.05) is 5.56 Å². The summed E-state index contributed by atoms with van der Waals surface area (Å²) >= 11 is 0. The highest BCUT2D eigenvalue weighted by Crippen LogP contribution is 2.68. The molecular formula is C38H50O7. The molecule has 4 N–H and O–H groups in total. The van der Waals surface area contributed by atoms with E-state index in [2.05, 4.69) is 32.6 Å². The van der Waals surface area contributed by atoms with Gasteiger partial charge in [-0.1, -0.05) is 77.5 Å². The minimum Gasteiger partial charge on any atom is -0.506 e. The van der Waals surface area contributed by atoms with E-state index in [-0.39, 0.29) is 60.5 Å². The van der Waals surface area contributed by atoms with Crippen LogP contribution in [0.3, 0.4) is 0 Å². The minimum absolute atomic E-state index is 0.00947. The Bertz CT molecular complexity index is 1520. The summed E-state index contributed by atoms with van der Waals surface area (Å²) in [6, 6.07) is 3.60. The van der Waals surface area contributed by atoms with Crippen LogP contribution in [0.25, 0.3) is 5.76 Å². The number of aliphatic hydroxyl groups is 2. The van der Waals surface area contributed by atoms with Crippen molar-refractivity contribution in [1.82, 2.24) is 0 Å². The number of rotatable bonds is 9. The van der Waals surface area contributed by atoms with Crippen molar-refractivity contribution < 1.29 is 34.8 Å². The molecule has 7 nitrogen and oxygen atoms in total. The van der Waals surface area contributed by atoms with Crippen LogP contribution in [0.15, 0.2) is 59.7 Å². The number of phenols is 2. The number of hydrogen-bond acceptors (Lipinski definition) is 7. The number of Topliss-reactive ketones (excluding diaryl/α,β-unsaturated/α-hetero) is 3. The van der Waals surface area contributed by atoms with Crippen molar-refractivity contribution in [2.24, 2.45) is 45.3 Å². The van der Waals surface area contributed by atoms with Crippen LogP contribution < -0.4 is 0 Å². The number of allylic oxidation sites excluding steroid dienone is 5. The zero-order valence-corrected chi connectivity index (χ0v) is 28.0. The zero-order valence-electron chi connectivity index (χ0n) is 28.0. The molecule has 0 unspecified atom stereocenters. The van der Waals surface area contributed by atoms with Crippen molar-refractivity contribution >= 4 is 23.1 Å². The topological polar surface area (TPSA) is 132 Å². The molecule has 0 spiro atoms. The number of fused-ring (bicyclic) bond motifs is 2. The highest BCUT2D eigenvalue weighted by Gasteiger charge is 2.74. The highest BCUT2D eigenvalue weighted by atomic mass is 16.3. The van der Waals surface area contributed by atoms with Crippen LogP contribution in [0.2, 0.25) is 0 Å². The molecule has 0 saturated heterocycles. The van der Waals surface area contributed by atoms with Gasteiger partial charge in [0.05, 0.1) is 12.0 Å². The predicted octanol–water partition coefficient (Wildman–Crippen LogP) is 7.28. The van der Waals surface area contributed by atoms with E-state index < -0.39 is 56.4 Å². The molecule has 4 rings (SSSR count). The Morgan fingerprint density at radius 1 is 1.04 bits per heavy atom. The maximum absolute atomic E-state index is 15.2. The summed E-state index contributed by atoms with van der Waals surface area (Å²) in [4.78, 5) is 45.1. The fourth-order valence-electron chi connectivity index (χ4n) is 8.31. The van der Waals surface area contributed by atoms with Gasteiger partial charge in [-0.25, -0.2) is 0 Å². The van der Waals surface area contributed by atoms with Crippen LogP contribution in [-0.2, 0) is 14.4 Å². The molecule has 2 bridgehead atoms. The largest absolute Gasteiger partial charge is 0.506 e. The van der Waals surface area contributed by atoms with E-state index in [1.807, 2.05) is 34.6 Å². The normalized spacial score (nSPS) is 32.2. The van der Waals surface area contributed by atoms with Gasteiger partial charge >= 0.3 is 0 Å². The quantitative estimate of drug-likeness (QED) is 0.0571. The van der Waals surface area contributed by atoms with Gasteiger partial charge in [-0.15, -0.1) is 0 Å². The predicted molar refractivity (Wildman–Crippen MR) is 175 cm³/mol. The van der Waals surface area contributed by atoms with Crippen molar-refractivity contribution in [3.05, 3.63) is 65.3 Å². The fourth-order valence-corrected chi connectivity index (χ4v) is 8.31. The summed E-state index contributed by atoms with van der Waals surface area (Å²) < 4.78 is 0. The first-order valence-corrected chi connectivity index (χ1v) is 16.0. The number of carbonyl (C=O) groups is 3. The molecule has 0 aliphatic heterocycles. The van der Waals surface area contributed by atoms with Crippen LogP contribution in [0.5, 0.6) is 11.5 Å². The van der Waals surface area contributed by atoms with Gasteiger partial charge in [0.1, 0.15) is 16.7 Å². The molecule has 0 radical (unpaired) electrons. The van der Waals surface area contributed by atoms with E-state index in [9.17, 15) is 30.0 Å². The van der Waals surface area contributed by atoms with Crippen LogP contribution in [0.4, 0.5) is 0 Å². The van der Waals surface area contributed by atoms with E-state index in [1.165, 1.54) is 12.1 Å². The number of carbonyl (C=O) groups excluding carboxylic acids is 3. The first-order chi connectivity index (χ1) is 20.8. The van der Waals surface area contributed by atoms with Crippen LogP contribution in [-0.4, -0.2) is 44.4 Å². The molecule has 3 aliphatic rings. The molecule has 45 heavy (non-hydrogen) atoms. The maximum atomic E-state index is 15.2. The average Bonchev–Trinajstić information content (AvgIpc) is 2.95. The van der Waals surface area contributed by atoms with Crippen molar-refractivity contribution in [1.29, 1.82) is 0 Å². The lowest BCUT2D eigenvalue weighted by Crippen LogP contribution is -2.70. The first-order valence-electron chi connectivity index (χ1n) is 16.0. The van der Waals surface area contributed by atoms with Crippen molar-refractivity contribution in [3.8, 4) is 11.5 Å². The minimum atomic E-state index is -1.72. The summed E-state index contributed by atoms with van der Waals surface area (Å²) in [6.45, 7) is 19.8. The van der Waals surface area contributed by atoms with Gasteiger partial charge in [0.2, 0.25) is 0 Å². The Kier molecular flexibility index (Phi) is 8.97. The van der Waals surface area contributed by atoms with Crippen LogP contribution in [0, 0.1) is 45.3 Å². The second kappa shape index (κ2) is 11.7.